The molecule has 214 valence electrons. The Morgan fingerprint density at radius 2 is 1.76 bits per heavy atom. The fourth-order valence-corrected chi connectivity index (χ4v) is 5.85. The quantitative estimate of drug-likeness (QED) is 0.272. The number of carbonyl (C=O) groups excluding carboxylic acids is 2. The van der Waals surface area contributed by atoms with E-state index in [-0.39, 0.29) is 17.3 Å². The monoisotopic (exact) mass is 578 g/mol. The van der Waals surface area contributed by atoms with Crippen LogP contribution in [0.1, 0.15) is 20.8 Å². The summed E-state index contributed by atoms with van der Waals surface area (Å²) >= 11 is 1.27. The number of methoxy groups -OCH3 is 3. The molecule has 1 aliphatic rings. The van der Waals surface area contributed by atoms with Crippen LogP contribution in [-0.4, -0.2) is 81.7 Å². The number of hydrogen-bond acceptors (Lipinski definition) is 9. The van der Waals surface area contributed by atoms with Crippen LogP contribution in [0.4, 0.5) is 4.39 Å². The first-order chi connectivity index (χ1) is 19.9. The molecule has 2 aromatic heterocycles. The van der Waals surface area contributed by atoms with Crippen molar-refractivity contribution in [2.45, 2.75) is 6.04 Å². The van der Waals surface area contributed by atoms with Gasteiger partial charge in [-0.3, -0.25) is 14.5 Å². The van der Waals surface area contributed by atoms with E-state index in [1.807, 2.05) is 11.4 Å². The van der Waals surface area contributed by atoms with E-state index in [4.69, 9.17) is 19.2 Å². The van der Waals surface area contributed by atoms with E-state index < -0.39 is 11.9 Å². The molecule has 1 unspecified atom stereocenters. The number of pyridine rings is 1. The van der Waals surface area contributed by atoms with Crippen molar-refractivity contribution >= 4 is 33.1 Å². The average Bonchev–Trinajstić information content (AvgIpc) is 3.45. The lowest BCUT2D eigenvalue weighted by Crippen LogP contribution is -2.53. The largest absolute Gasteiger partial charge is 0.494 e. The van der Waals surface area contributed by atoms with E-state index in [9.17, 15) is 14.0 Å². The Kier molecular flexibility index (Phi) is 8.77. The maximum atomic E-state index is 14.4. The van der Waals surface area contributed by atoms with Gasteiger partial charge in [0.25, 0.3) is 5.91 Å². The van der Waals surface area contributed by atoms with Gasteiger partial charge in [-0.05, 0) is 36.4 Å². The molecule has 11 heteroatoms. The fraction of sp³-hybridized carbons (Fsp3) is 0.300. The van der Waals surface area contributed by atoms with Gasteiger partial charge in [-0.1, -0.05) is 12.1 Å². The SMILES string of the molecule is COc1ccc(C(=O)NC(CN2CCNCC2)C(=O)c2ccc(OC)c(-c3csc4c(F)cccc34)n2)cc1OC. The predicted octanol–water partition coefficient (Wildman–Crippen LogP) is 4.01. The van der Waals surface area contributed by atoms with Crippen LogP contribution >= 0.6 is 11.3 Å². The molecule has 0 saturated carbocycles. The lowest BCUT2D eigenvalue weighted by Gasteiger charge is -2.30. The number of ketones is 1. The molecule has 1 amide bonds. The van der Waals surface area contributed by atoms with E-state index in [2.05, 4.69) is 15.5 Å². The van der Waals surface area contributed by atoms with Crippen molar-refractivity contribution in [3.05, 3.63) is 71.0 Å². The molecule has 41 heavy (non-hydrogen) atoms. The summed E-state index contributed by atoms with van der Waals surface area (Å²) in [7, 11) is 4.53. The van der Waals surface area contributed by atoms with Crippen LogP contribution in [0.15, 0.2) is 53.9 Å². The number of Topliss-reactive ketones (excluding diaryl/α,β-unsaturated/α-hetero) is 1. The molecule has 3 heterocycles. The number of hydrogen-bond donors (Lipinski definition) is 2. The highest BCUT2D eigenvalue weighted by atomic mass is 32.1. The second kappa shape index (κ2) is 12.6. The molecule has 9 nitrogen and oxygen atoms in total. The number of piperazine rings is 1. The van der Waals surface area contributed by atoms with Crippen LogP contribution in [0.2, 0.25) is 0 Å². The number of nitrogens with one attached hydrogen (secondary N) is 2. The maximum absolute atomic E-state index is 14.4. The van der Waals surface area contributed by atoms with Crippen molar-refractivity contribution in [1.29, 1.82) is 0 Å². The van der Waals surface area contributed by atoms with E-state index in [0.717, 1.165) is 26.2 Å². The summed E-state index contributed by atoms with van der Waals surface area (Å²) in [6, 6.07) is 12.1. The first-order valence-corrected chi connectivity index (χ1v) is 14.0. The second-order valence-electron chi connectivity index (χ2n) is 9.52. The Labute approximate surface area is 241 Å². The number of thiophene rings is 1. The molecule has 2 aromatic carbocycles. The standard InChI is InChI=1S/C30H31FN4O5S/c1-38-24-9-7-18(15-26(24)40-3)30(37)34-23(16-35-13-11-32-12-14-35)28(36)22-8-10-25(39-2)27(33-22)20-17-41-29-19(20)5-4-6-21(29)31/h4-10,15,17,23,32H,11-14,16H2,1-3H3,(H,34,37). The number of rotatable bonds is 10. The molecule has 4 aromatic rings. The number of nitrogens with zero attached hydrogens (tertiary/aromatic N) is 2. The van der Waals surface area contributed by atoms with Gasteiger partial charge in [0.15, 0.2) is 11.5 Å². The molecular weight excluding hydrogens is 547 g/mol. The third-order valence-corrected chi connectivity index (χ3v) is 8.06. The number of ether oxygens (including phenoxy) is 3. The number of carbonyl (C=O) groups is 2. The van der Waals surface area contributed by atoms with E-state index in [1.54, 1.807) is 36.4 Å². The van der Waals surface area contributed by atoms with Crippen LogP contribution in [0.25, 0.3) is 21.3 Å². The predicted molar refractivity (Wildman–Crippen MR) is 156 cm³/mol. The van der Waals surface area contributed by atoms with Gasteiger partial charge in [-0.25, -0.2) is 9.37 Å². The summed E-state index contributed by atoms with van der Waals surface area (Å²) in [5.74, 6) is 0.274. The van der Waals surface area contributed by atoms with Crippen molar-refractivity contribution in [2.24, 2.45) is 0 Å². The first kappa shape index (κ1) is 28.5. The molecule has 1 saturated heterocycles. The zero-order chi connectivity index (χ0) is 28.9. The van der Waals surface area contributed by atoms with Crippen molar-refractivity contribution in [2.75, 3.05) is 54.1 Å². The molecule has 0 spiro atoms. The van der Waals surface area contributed by atoms with Gasteiger partial charge in [0, 0.05) is 54.6 Å². The van der Waals surface area contributed by atoms with Crippen molar-refractivity contribution in [1.82, 2.24) is 20.5 Å². The van der Waals surface area contributed by atoms with E-state index in [1.165, 1.54) is 38.7 Å². The minimum atomic E-state index is -0.876. The van der Waals surface area contributed by atoms with Crippen LogP contribution in [0.5, 0.6) is 17.2 Å². The van der Waals surface area contributed by atoms with Crippen molar-refractivity contribution in [3.63, 3.8) is 0 Å². The smallest absolute Gasteiger partial charge is 0.252 e. The Bertz CT molecular complexity index is 1570. The normalized spacial score (nSPS) is 14.4. The van der Waals surface area contributed by atoms with Gasteiger partial charge in [0.1, 0.15) is 29.0 Å². The van der Waals surface area contributed by atoms with Crippen LogP contribution in [0, 0.1) is 5.82 Å². The first-order valence-electron chi connectivity index (χ1n) is 13.1. The summed E-state index contributed by atoms with van der Waals surface area (Å²) in [6.45, 7) is 3.37. The van der Waals surface area contributed by atoms with Gasteiger partial charge in [0.2, 0.25) is 5.78 Å². The summed E-state index contributed by atoms with van der Waals surface area (Å²) in [5, 5.41) is 8.72. The molecular formula is C30H31FN4O5S. The fourth-order valence-electron chi connectivity index (χ4n) is 4.89. The van der Waals surface area contributed by atoms with Gasteiger partial charge in [-0.2, -0.15) is 0 Å². The van der Waals surface area contributed by atoms with Crippen molar-refractivity contribution < 1.29 is 28.2 Å². The highest BCUT2D eigenvalue weighted by molar-refractivity contribution is 7.17. The zero-order valence-corrected chi connectivity index (χ0v) is 23.8. The molecule has 2 N–H and O–H groups in total. The maximum Gasteiger partial charge on any atom is 0.252 e. The molecule has 0 bridgehead atoms. The molecule has 5 rings (SSSR count). The zero-order valence-electron chi connectivity index (χ0n) is 23.0. The summed E-state index contributed by atoms with van der Waals surface area (Å²) < 4.78 is 31.1. The Morgan fingerprint density at radius 1 is 1.02 bits per heavy atom. The topological polar surface area (TPSA) is 102 Å². The highest BCUT2D eigenvalue weighted by Gasteiger charge is 2.28. The summed E-state index contributed by atoms with van der Waals surface area (Å²) in [5.41, 5.74) is 1.60. The van der Waals surface area contributed by atoms with Gasteiger partial charge in [0.05, 0.1) is 26.0 Å². The Morgan fingerprint density at radius 3 is 2.49 bits per heavy atom. The minimum Gasteiger partial charge on any atom is -0.494 e. The van der Waals surface area contributed by atoms with Gasteiger partial charge < -0.3 is 24.8 Å². The molecule has 0 aliphatic carbocycles. The lowest BCUT2D eigenvalue weighted by atomic mass is 10.0. The van der Waals surface area contributed by atoms with Gasteiger partial charge in [-0.15, -0.1) is 11.3 Å². The number of fused-ring (bicyclic) bond motifs is 1. The minimum absolute atomic E-state index is 0.171. The third-order valence-electron chi connectivity index (χ3n) is 7.06. The second-order valence-corrected chi connectivity index (χ2v) is 10.4. The molecule has 1 fully saturated rings. The van der Waals surface area contributed by atoms with Crippen molar-refractivity contribution in [3.8, 4) is 28.5 Å². The summed E-state index contributed by atoms with van der Waals surface area (Å²) in [6.07, 6.45) is 0. The molecule has 1 aliphatic heterocycles. The molecule has 0 radical (unpaired) electrons. The van der Waals surface area contributed by atoms with E-state index >= 15 is 0 Å². The van der Waals surface area contributed by atoms with Gasteiger partial charge >= 0.3 is 0 Å². The summed E-state index contributed by atoms with van der Waals surface area (Å²) in [4.78, 5) is 34.2. The number of benzene rings is 2. The van der Waals surface area contributed by atoms with Crippen LogP contribution in [0.3, 0.4) is 0 Å². The van der Waals surface area contributed by atoms with E-state index in [0.29, 0.717) is 50.7 Å². The lowest BCUT2D eigenvalue weighted by molar-refractivity contribution is 0.0820. The number of aromatic nitrogens is 1. The van der Waals surface area contributed by atoms with Crippen LogP contribution in [-0.2, 0) is 0 Å². The Balaban J connectivity index is 1.48. The highest BCUT2D eigenvalue weighted by Crippen LogP contribution is 2.38. The average molecular weight is 579 g/mol. The Hall–Kier alpha value is -4.06. The molecule has 1 atom stereocenters. The third kappa shape index (κ3) is 6.02. The van der Waals surface area contributed by atoms with Crippen LogP contribution < -0.4 is 24.8 Å². The number of amides is 1. The number of halogens is 1.